The van der Waals surface area contributed by atoms with Crippen LogP contribution in [-0.4, -0.2) is 60.5 Å². The van der Waals surface area contributed by atoms with Crippen LogP contribution < -0.4 is 5.32 Å². The first-order valence-corrected chi connectivity index (χ1v) is 11.3. The molecule has 164 valence electrons. The molecule has 0 bridgehead atoms. The predicted octanol–water partition coefficient (Wildman–Crippen LogP) is 2.45. The molecule has 1 N–H and O–H groups in total. The Bertz CT molecular complexity index is 1250. The van der Waals surface area contributed by atoms with Crippen molar-refractivity contribution in [1.82, 2.24) is 30.0 Å². The third-order valence-corrected chi connectivity index (χ3v) is 6.47. The number of carbonyl (C=O) groups is 3. The molecule has 0 unspecified atom stereocenters. The van der Waals surface area contributed by atoms with Crippen molar-refractivity contribution in [1.29, 1.82) is 0 Å². The Morgan fingerprint density at radius 1 is 1.28 bits per heavy atom. The fraction of sp³-hybridized carbons (Fsp3) is 0.200. The van der Waals surface area contributed by atoms with Crippen molar-refractivity contribution in [2.45, 2.75) is 5.03 Å². The van der Waals surface area contributed by atoms with Crippen molar-refractivity contribution < 1.29 is 18.8 Å². The average molecular weight is 473 g/mol. The summed E-state index contributed by atoms with van der Waals surface area (Å²) in [5.74, 6) is -1.14. The molecular formula is C20H17FN6O3S2. The number of rotatable bonds is 7. The molecule has 1 aliphatic rings. The molecular weight excluding hydrogens is 455 g/mol. The summed E-state index contributed by atoms with van der Waals surface area (Å²) in [6.07, 6.45) is 4.42. The van der Waals surface area contributed by atoms with Crippen LogP contribution in [0.2, 0.25) is 0 Å². The number of carbonyl (C=O) groups excluding carboxylic acids is 3. The Balaban J connectivity index is 1.29. The molecule has 9 nitrogen and oxygen atoms in total. The number of fused-ring (bicyclic) bond motifs is 1. The number of hydrogen-bond acceptors (Lipinski definition) is 8. The van der Waals surface area contributed by atoms with E-state index >= 15 is 0 Å². The second-order valence-corrected chi connectivity index (χ2v) is 8.64. The van der Waals surface area contributed by atoms with Crippen LogP contribution in [0.4, 0.5) is 9.18 Å². The third-order valence-electron chi connectivity index (χ3n) is 4.56. The molecule has 32 heavy (non-hydrogen) atoms. The van der Waals surface area contributed by atoms with Crippen LogP contribution in [0.1, 0.15) is 5.56 Å². The van der Waals surface area contributed by atoms with Gasteiger partial charge in [-0.2, -0.15) is 5.10 Å². The quantitative estimate of drug-likeness (QED) is 0.317. The summed E-state index contributed by atoms with van der Waals surface area (Å²) >= 11 is 1.99. The van der Waals surface area contributed by atoms with Crippen LogP contribution in [0, 0.1) is 5.82 Å². The van der Waals surface area contributed by atoms with Gasteiger partial charge in [-0.05, 0) is 23.9 Å². The van der Waals surface area contributed by atoms with Crippen molar-refractivity contribution in [2.24, 2.45) is 7.05 Å². The Hall–Kier alpha value is -3.25. The predicted molar refractivity (Wildman–Crippen MR) is 119 cm³/mol. The highest BCUT2D eigenvalue weighted by Crippen LogP contribution is 2.32. The lowest BCUT2D eigenvalue weighted by atomic mass is 10.2. The van der Waals surface area contributed by atoms with Gasteiger partial charge in [0.25, 0.3) is 11.1 Å². The Labute approximate surface area is 190 Å². The molecule has 1 aliphatic heterocycles. The monoisotopic (exact) mass is 472 g/mol. The van der Waals surface area contributed by atoms with Crippen LogP contribution >= 0.6 is 23.5 Å². The van der Waals surface area contributed by atoms with Gasteiger partial charge < -0.3 is 5.32 Å². The van der Waals surface area contributed by atoms with Crippen LogP contribution in [0.3, 0.4) is 0 Å². The normalized spacial score (nSPS) is 15.2. The van der Waals surface area contributed by atoms with Crippen molar-refractivity contribution in [3.63, 3.8) is 0 Å². The minimum absolute atomic E-state index is 0.0239. The first-order valence-electron chi connectivity index (χ1n) is 9.46. The fourth-order valence-corrected chi connectivity index (χ4v) is 4.62. The van der Waals surface area contributed by atoms with E-state index in [1.165, 1.54) is 36.3 Å². The SMILES string of the molecule is Cn1ncc2c(SCC(=O)NCCN3C(=O)SC(=Cc4ccccc4F)C3=O)ncnc21. The highest BCUT2D eigenvalue weighted by Gasteiger charge is 2.34. The molecule has 2 aromatic heterocycles. The Morgan fingerprint density at radius 2 is 2.09 bits per heavy atom. The topological polar surface area (TPSA) is 110 Å². The number of benzene rings is 1. The van der Waals surface area contributed by atoms with Gasteiger partial charge in [-0.25, -0.2) is 14.4 Å². The Morgan fingerprint density at radius 3 is 2.91 bits per heavy atom. The lowest BCUT2D eigenvalue weighted by molar-refractivity contribution is -0.123. The van der Waals surface area contributed by atoms with E-state index in [2.05, 4.69) is 20.4 Å². The van der Waals surface area contributed by atoms with Gasteiger partial charge >= 0.3 is 0 Å². The van der Waals surface area contributed by atoms with Gasteiger partial charge in [0.1, 0.15) is 17.2 Å². The van der Waals surface area contributed by atoms with Gasteiger partial charge in [0.05, 0.1) is 22.2 Å². The van der Waals surface area contributed by atoms with E-state index in [0.29, 0.717) is 10.7 Å². The lowest BCUT2D eigenvalue weighted by Crippen LogP contribution is -2.37. The summed E-state index contributed by atoms with van der Waals surface area (Å²) in [5, 5.41) is 7.76. The highest BCUT2D eigenvalue weighted by atomic mass is 32.2. The van der Waals surface area contributed by atoms with Crippen LogP contribution in [-0.2, 0) is 16.6 Å². The van der Waals surface area contributed by atoms with Crippen molar-refractivity contribution in [3.05, 3.63) is 53.1 Å². The minimum atomic E-state index is -0.508. The maximum absolute atomic E-state index is 13.8. The zero-order valence-corrected chi connectivity index (χ0v) is 18.5. The molecule has 3 aromatic rings. The van der Waals surface area contributed by atoms with Crippen LogP contribution in [0.5, 0.6) is 0 Å². The maximum atomic E-state index is 13.8. The molecule has 12 heteroatoms. The van der Waals surface area contributed by atoms with Gasteiger partial charge in [-0.15, -0.1) is 0 Å². The maximum Gasteiger partial charge on any atom is 0.293 e. The van der Waals surface area contributed by atoms with E-state index in [9.17, 15) is 18.8 Å². The molecule has 0 atom stereocenters. The molecule has 3 heterocycles. The van der Waals surface area contributed by atoms with Gasteiger partial charge in [0, 0.05) is 25.7 Å². The van der Waals surface area contributed by atoms with E-state index in [-0.39, 0.29) is 35.2 Å². The molecule has 4 rings (SSSR count). The number of hydrogen-bond donors (Lipinski definition) is 1. The standard InChI is InChI=1S/C20H17FN6O3S2/c1-26-17-13(9-25-26)18(24-11-23-17)31-10-16(28)22-6-7-27-19(29)15(32-20(27)30)8-12-4-2-3-5-14(12)21/h2-5,8-9,11H,6-7,10H2,1H3,(H,22,28). The van der Waals surface area contributed by atoms with Crippen molar-refractivity contribution in [2.75, 3.05) is 18.8 Å². The molecule has 0 spiro atoms. The molecule has 1 saturated heterocycles. The number of nitrogens with one attached hydrogen (secondary N) is 1. The summed E-state index contributed by atoms with van der Waals surface area (Å²) in [6.45, 7) is 0.131. The largest absolute Gasteiger partial charge is 0.354 e. The molecule has 0 radical (unpaired) electrons. The van der Waals surface area contributed by atoms with E-state index in [0.717, 1.165) is 22.0 Å². The second-order valence-electron chi connectivity index (χ2n) is 6.68. The second kappa shape index (κ2) is 9.49. The van der Waals surface area contributed by atoms with E-state index in [1.54, 1.807) is 30.1 Å². The molecule has 1 aromatic carbocycles. The fourth-order valence-electron chi connectivity index (χ4n) is 2.97. The zero-order valence-electron chi connectivity index (χ0n) is 16.8. The van der Waals surface area contributed by atoms with Gasteiger partial charge in [-0.1, -0.05) is 30.0 Å². The van der Waals surface area contributed by atoms with Crippen LogP contribution in [0.15, 0.2) is 46.7 Å². The van der Waals surface area contributed by atoms with E-state index < -0.39 is 17.0 Å². The summed E-state index contributed by atoms with van der Waals surface area (Å²) in [6, 6.07) is 6.00. The third kappa shape index (κ3) is 4.65. The highest BCUT2D eigenvalue weighted by molar-refractivity contribution is 8.18. The van der Waals surface area contributed by atoms with Crippen molar-refractivity contribution in [3.8, 4) is 0 Å². The number of thioether (sulfide) groups is 2. The number of amides is 3. The molecule has 0 saturated carbocycles. The van der Waals surface area contributed by atoms with Gasteiger partial charge in [0.2, 0.25) is 5.91 Å². The number of nitrogens with zero attached hydrogens (tertiary/aromatic N) is 5. The van der Waals surface area contributed by atoms with Crippen LogP contribution in [0.25, 0.3) is 17.1 Å². The minimum Gasteiger partial charge on any atom is -0.354 e. The summed E-state index contributed by atoms with van der Waals surface area (Å²) in [7, 11) is 1.77. The Kier molecular flexibility index (Phi) is 6.51. The molecule has 0 aliphatic carbocycles. The zero-order chi connectivity index (χ0) is 22.7. The lowest BCUT2D eigenvalue weighted by Gasteiger charge is -2.13. The first-order chi connectivity index (χ1) is 15.4. The van der Waals surface area contributed by atoms with Crippen molar-refractivity contribution >= 4 is 57.7 Å². The summed E-state index contributed by atoms with van der Waals surface area (Å²) < 4.78 is 15.4. The van der Waals surface area contributed by atoms with E-state index in [4.69, 9.17) is 0 Å². The summed E-state index contributed by atoms with van der Waals surface area (Å²) in [5.41, 5.74) is 0.904. The average Bonchev–Trinajstić information content (AvgIpc) is 3.28. The van der Waals surface area contributed by atoms with Gasteiger partial charge in [-0.3, -0.25) is 24.0 Å². The smallest absolute Gasteiger partial charge is 0.293 e. The number of aromatic nitrogens is 4. The van der Waals surface area contributed by atoms with Gasteiger partial charge in [0.15, 0.2) is 5.65 Å². The molecule has 1 fully saturated rings. The molecule has 3 amide bonds. The first kappa shape index (κ1) is 22.0. The number of halogens is 1. The number of imide groups is 1. The number of aryl methyl sites for hydroxylation is 1. The summed E-state index contributed by atoms with van der Waals surface area (Å²) in [4.78, 5) is 46.4. The van der Waals surface area contributed by atoms with E-state index in [1.807, 2.05) is 0 Å².